The first-order valence-corrected chi connectivity index (χ1v) is 7.28. The highest BCUT2D eigenvalue weighted by atomic mass is 15.3. The normalized spacial score (nSPS) is 21.6. The average Bonchev–Trinajstić information content (AvgIpc) is 3.21. The van der Waals surface area contributed by atoms with E-state index in [4.69, 9.17) is 0 Å². The topological polar surface area (TPSA) is 3.01 Å². The van der Waals surface area contributed by atoms with Crippen molar-refractivity contribution in [3.05, 3.63) is 59.2 Å². The zero-order valence-electron chi connectivity index (χ0n) is 12.3. The second kappa shape index (κ2) is 4.07. The summed E-state index contributed by atoms with van der Waals surface area (Å²) in [5.74, 6) is 0. The van der Waals surface area contributed by atoms with Crippen LogP contribution in [-0.4, -0.2) is 18.5 Å². The minimum Gasteiger partial charge on any atom is -0.296 e. The van der Waals surface area contributed by atoms with Crippen molar-refractivity contribution in [1.82, 2.24) is 4.90 Å². The summed E-state index contributed by atoms with van der Waals surface area (Å²) < 4.78 is 0. The lowest BCUT2D eigenvalue weighted by atomic mass is 9.92. The van der Waals surface area contributed by atoms with Crippen molar-refractivity contribution in [1.29, 1.82) is 0 Å². The number of rotatable bonds is 1. The molecule has 2 unspecified atom stereocenters. The molecule has 2 atom stereocenters. The van der Waals surface area contributed by atoms with Gasteiger partial charge in [0.15, 0.2) is 0 Å². The molecule has 1 heteroatoms. The van der Waals surface area contributed by atoms with Crippen LogP contribution in [0.5, 0.6) is 0 Å². The summed E-state index contributed by atoms with van der Waals surface area (Å²) in [5.41, 5.74) is 4.26. The number of aryl methyl sites for hydroxylation is 2. The van der Waals surface area contributed by atoms with Crippen LogP contribution in [0.15, 0.2) is 42.5 Å². The first kappa shape index (κ1) is 11.9. The Kier molecular flexibility index (Phi) is 2.42. The maximum absolute atomic E-state index is 2.40. The van der Waals surface area contributed by atoms with Crippen molar-refractivity contribution in [2.75, 3.05) is 13.6 Å². The molecule has 1 aliphatic heterocycles. The van der Waals surface area contributed by atoms with Crippen LogP contribution in [0.1, 0.15) is 22.7 Å². The number of hydrogen-bond donors (Lipinski definition) is 0. The zero-order chi connectivity index (χ0) is 13.9. The quantitative estimate of drug-likeness (QED) is 0.457. The maximum atomic E-state index is 2.40. The third-order valence-electron chi connectivity index (χ3n) is 4.83. The lowest BCUT2D eigenvalue weighted by Gasteiger charge is -2.13. The van der Waals surface area contributed by atoms with Crippen LogP contribution < -0.4 is 0 Å². The lowest BCUT2D eigenvalue weighted by Crippen LogP contribution is -1.92. The van der Waals surface area contributed by atoms with E-state index in [-0.39, 0.29) is 0 Å². The minimum atomic E-state index is 0.630. The van der Waals surface area contributed by atoms with Crippen molar-refractivity contribution in [3.8, 4) is 0 Å². The third kappa shape index (κ3) is 1.60. The molecule has 0 amide bonds. The molecule has 0 spiro atoms. The van der Waals surface area contributed by atoms with Crippen molar-refractivity contribution in [2.24, 2.45) is 0 Å². The van der Waals surface area contributed by atoms with E-state index in [2.05, 4.69) is 68.3 Å². The van der Waals surface area contributed by atoms with Crippen LogP contribution in [-0.2, 0) is 0 Å². The van der Waals surface area contributed by atoms with Crippen LogP contribution in [0, 0.1) is 13.8 Å². The molecule has 3 aromatic rings. The number of fused-ring (bicyclic) bond motifs is 2. The van der Waals surface area contributed by atoms with Crippen molar-refractivity contribution in [3.63, 3.8) is 0 Å². The van der Waals surface area contributed by atoms with Gasteiger partial charge >= 0.3 is 0 Å². The summed E-state index contributed by atoms with van der Waals surface area (Å²) in [4.78, 5) is 2.38. The summed E-state index contributed by atoms with van der Waals surface area (Å²) in [5, 5.41) is 5.58. The van der Waals surface area contributed by atoms with Crippen molar-refractivity contribution >= 4 is 21.5 Å². The highest BCUT2D eigenvalue weighted by molar-refractivity contribution is 6.05. The molecule has 4 rings (SSSR count). The summed E-state index contributed by atoms with van der Waals surface area (Å²) >= 11 is 0. The highest BCUT2D eigenvalue weighted by Crippen LogP contribution is 2.37. The monoisotopic (exact) mass is 261 g/mol. The van der Waals surface area contributed by atoms with Gasteiger partial charge in [-0.2, -0.15) is 0 Å². The molecule has 0 saturated carbocycles. The molecule has 100 valence electrons. The SMILES string of the molecule is Cc1c2ccccc2c(C)c2cc(C3CN3C)ccc12. The van der Waals surface area contributed by atoms with Gasteiger partial charge in [0.05, 0.1) is 0 Å². The molecule has 1 nitrogen and oxygen atoms in total. The molecule has 1 saturated heterocycles. The number of nitrogens with zero attached hydrogens (tertiary/aromatic N) is 1. The first-order chi connectivity index (χ1) is 9.66. The van der Waals surface area contributed by atoms with Gasteiger partial charge in [0, 0.05) is 12.6 Å². The molecular formula is C19H19N. The van der Waals surface area contributed by atoms with E-state index in [1.807, 2.05) is 0 Å². The van der Waals surface area contributed by atoms with Gasteiger partial charge in [0.2, 0.25) is 0 Å². The fraction of sp³-hybridized carbons (Fsp3) is 0.263. The summed E-state index contributed by atoms with van der Waals surface area (Å²) in [6.07, 6.45) is 0. The Labute approximate surface area is 119 Å². The maximum Gasteiger partial charge on any atom is 0.0473 e. The van der Waals surface area contributed by atoms with E-state index in [9.17, 15) is 0 Å². The average molecular weight is 261 g/mol. The Balaban J connectivity index is 2.07. The van der Waals surface area contributed by atoms with E-state index in [0.717, 1.165) is 0 Å². The van der Waals surface area contributed by atoms with E-state index < -0.39 is 0 Å². The van der Waals surface area contributed by atoms with Gasteiger partial charge in [-0.3, -0.25) is 4.90 Å². The Morgan fingerprint density at radius 2 is 1.40 bits per heavy atom. The van der Waals surface area contributed by atoms with Gasteiger partial charge in [-0.05, 0) is 65.2 Å². The van der Waals surface area contributed by atoms with Gasteiger partial charge in [0.25, 0.3) is 0 Å². The fourth-order valence-corrected chi connectivity index (χ4v) is 3.42. The predicted molar refractivity (Wildman–Crippen MR) is 86.3 cm³/mol. The zero-order valence-corrected chi connectivity index (χ0v) is 12.3. The molecule has 20 heavy (non-hydrogen) atoms. The number of likely N-dealkylation sites (N-methyl/N-ethyl adjacent to an activating group) is 1. The fourth-order valence-electron chi connectivity index (χ4n) is 3.42. The molecule has 0 aromatic heterocycles. The van der Waals surface area contributed by atoms with E-state index in [1.54, 1.807) is 0 Å². The van der Waals surface area contributed by atoms with E-state index in [0.29, 0.717) is 6.04 Å². The van der Waals surface area contributed by atoms with Crippen LogP contribution >= 0.6 is 0 Å². The standard InChI is InChI=1S/C19H19N/c1-12-15-6-4-5-7-16(15)13(2)18-10-14(8-9-17(12)18)19-11-20(19)3/h4-10,19H,11H2,1-3H3. The summed E-state index contributed by atoms with van der Waals surface area (Å²) in [7, 11) is 2.19. The second-order valence-electron chi connectivity index (χ2n) is 6.06. The summed E-state index contributed by atoms with van der Waals surface area (Å²) in [6, 6.07) is 16.4. The number of hydrogen-bond acceptors (Lipinski definition) is 1. The van der Waals surface area contributed by atoms with Gasteiger partial charge in [-0.15, -0.1) is 0 Å². The lowest BCUT2D eigenvalue weighted by molar-refractivity contribution is 0.631. The molecule has 0 radical (unpaired) electrons. The Morgan fingerprint density at radius 1 is 0.850 bits per heavy atom. The molecule has 0 N–H and O–H groups in total. The first-order valence-electron chi connectivity index (χ1n) is 7.28. The van der Waals surface area contributed by atoms with E-state index >= 15 is 0 Å². The van der Waals surface area contributed by atoms with E-state index in [1.165, 1.54) is 44.8 Å². The third-order valence-corrected chi connectivity index (χ3v) is 4.83. The van der Waals surface area contributed by atoms with Gasteiger partial charge in [0.1, 0.15) is 0 Å². The van der Waals surface area contributed by atoms with Crippen LogP contribution in [0.3, 0.4) is 0 Å². The summed E-state index contributed by atoms with van der Waals surface area (Å²) in [6.45, 7) is 5.69. The molecule has 0 aliphatic carbocycles. The molecule has 1 aliphatic rings. The Bertz CT molecular complexity index is 832. The van der Waals surface area contributed by atoms with Gasteiger partial charge < -0.3 is 0 Å². The molecular weight excluding hydrogens is 242 g/mol. The Morgan fingerprint density at radius 3 is 2.00 bits per heavy atom. The molecule has 1 fully saturated rings. The van der Waals surface area contributed by atoms with Crippen molar-refractivity contribution < 1.29 is 0 Å². The van der Waals surface area contributed by atoms with Crippen LogP contribution in [0.4, 0.5) is 0 Å². The van der Waals surface area contributed by atoms with Crippen LogP contribution in [0.25, 0.3) is 21.5 Å². The Hall–Kier alpha value is -1.86. The van der Waals surface area contributed by atoms with Crippen molar-refractivity contribution in [2.45, 2.75) is 19.9 Å². The van der Waals surface area contributed by atoms with Gasteiger partial charge in [-0.1, -0.05) is 36.4 Å². The minimum absolute atomic E-state index is 0.630. The van der Waals surface area contributed by atoms with Gasteiger partial charge in [-0.25, -0.2) is 0 Å². The largest absolute Gasteiger partial charge is 0.296 e. The molecule has 3 aromatic carbocycles. The smallest absolute Gasteiger partial charge is 0.0473 e. The highest BCUT2D eigenvalue weighted by Gasteiger charge is 2.31. The number of benzene rings is 3. The van der Waals surface area contributed by atoms with Crippen LogP contribution in [0.2, 0.25) is 0 Å². The predicted octanol–water partition coefficient (Wildman–Crippen LogP) is 4.60. The molecule has 0 bridgehead atoms. The second-order valence-corrected chi connectivity index (χ2v) is 6.06. The molecule has 1 heterocycles.